The molecule has 0 unspecified atom stereocenters. The van der Waals surface area contributed by atoms with E-state index in [-0.39, 0.29) is 17.7 Å². The number of anilines is 1. The summed E-state index contributed by atoms with van der Waals surface area (Å²) in [6.45, 7) is 5.46. The van der Waals surface area contributed by atoms with Crippen LogP contribution in [-0.2, 0) is 32.0 Å². The summed E-state index contributed by atoms with van der Waals surface area (Å²) in [6.07, 6.45) is 0. The van der Waals surface area contributed by atoms with Crippen molar-refractivity contribution in [2.24, 2.45) is 19.8 Å². The molecule has 2 N–H and O–H groups in total. The highest BCUT2D eigenvalue weighted by Crippen LogP contribution is 2.25. The first-order chi connectivity index (χ1) is 15.2. The monoisotopic (exact) mass is 459 g/mol. The molecule has 2 aromatic heterocycles. The van der Waals surface area contributed by atoms with Crippen LogP contribution in [0.25, 0.3) is 11.2 Å². The molecule has 0 bridgehead atoms. The molecule has 0 saturated carbocycles. The second kappa shape index (κ2) is 8.44. The first-order valence-electron chi connectivity index (χ1n) is 10.3. The maximum absolute atomic E-state index is 12.8. The molecular weight excluding hydrogens is 434 g/mol. The van der Waals surface area contributed by atoms with E-state index in [0.29, 0.717) is 17.4 Å². The summed E-state index contributed by atoms with van der Waals surface area (Å²) >= 11 is 6.18. The predicted octanol–water partition coefficient (Wildman–Crippen LogP) is 0.203. The van der Waals surface area contributed by atoms with Gasteiger partial charge in [-0.05, 0) is 24.6 Å². The number of nitrogens with zero attached hydrogens (tertiary/aromatic N) is 6. The van der Waals surface area contributed by atoms with Gasteiger partial charge in [0.1, 0.15) is 12.4 Å². The molecule has 10 nitrogen and oxygen atoms in total. The zero-order valence-corrected chi connectivity index (χ0v) is 19.1. The molecule has 11 heteroatoms. The molecule has 1 fully saturated rings. The number of nitrogens with two attached hydrogens (primary N) is 1. The van der Waals surface area contributed by atoms with E-state index in [4.69, 9.17) is 17.3 Å². The van der Waals surface area contributed by atoms with Gasteiger partial charge in [-0.25, -0.2) is 9.78 Å². The Balaban J connectivity index is 1.62. The van der Waals surface area contributed by atoms with Crippen LogP contribution in [0.4, 0.5) is 5.69 Å². The maximum atomic E-state index is 12.8. The minimum atomic E-state index is -0.581. The zero-order valence-electron chi connectivity index (χ0n) is 18.3. The Morgan fingerprint density at radius 1 is 1.12 bits per heavy atom. The molecule has 1 aliphatic rings. The summed E-state index contributed by atoms with van der Waals surface area (Å²) in [5, 5.41) is 0.709. The fourth-order valence-corrected chi connectivity index (χ4v) is 4.37. The molecule has 3 heterocycles. The van der Waals surface area contributed by atoms with Crippen LogP contribution in [0.3, 0.4) is 0 Å². The molecule has 3 aromatic rings. The van der Waals surface area contributed by atoms with E-state index in [9.17, 15) is 14.4 Å². The number of primary amides is 1. The number of aryl methyl sites for hydroxylation is 2. The lowest BCUT2D eigenvalue weighted by molar-refractivity contribution is -0.118. The van der Waals surface area contributed by atoms with E-state index in [1.165, 1.54) is 21.7 Å². The van der Waals surface area contributed by atoms with Crippen molar-refractivity contribution in [1.82, 2.24) is 23.6 Å². The third-order valence-corrected chi connectivity index (χ3v) is 6.23. The fraction of sp³-hybridized carbons (Fsp3) is 0.429. The lowest BCUT2D eigenvalue weighted by Crippen LogP contribution is -2.46. The number of hydrogen-bond donors (Lipinski definition) is 1. The van der Waals surface area contributed by atoms with Gasteiger partial charge >= 0.3 is 5.69 Å². The summed E-state index contributed by atoms with van der Waals surface area (Å²) < 4.78 is 3.86. The van der Waals surface area contributed by atoms with Crippen molar-refractivity contribution in [3.05, 3.63) is 55.4 Å². The Morgan fingerprint density at radius 2 is 1.81 bits per heavy atom. The second-order valence-electron chi connectivity index (χ2n) is 8.15. The number of carbonyl (C=O) groups excluding carboxylic acids is 1. The third kappa shape index (κ3) is 3.91. The van der Waals surface area contributed by atoms with E-state index in [0.717, 1.165) is 36.4 Å². The molecule has 4 rings (SSSR count). The van der Waals surface area contributed by atoms with Crippen LogP contribution in [0, 0.1) is 6.92 Å². The highest BCUT2D eigenvalue weighted by Gasteiger charge is 2.24. The van der Waals surface area contributed by atoms with Gasteiger partial charge in [-0.15, -0.1) is 0 Å². The Hall–Kier alpha value is -3.11. The quantitative estimate of drug-likeness (QED) is 0.583. The molecule has 0 aliphatic carbocycles. The molecule has 170 valence electrons. The van der Waals surface area contributed by atoms with Crippen LogP contribution in [0.2, 0.25) is 5.02 Å². The summed E-state index contributed by atoms with van der Waals surface area (Å²) in [5.41, 5.74) is 7.23. The van der Waals surface area contributed by atoms with Crippen molar-refractivity contribution in [3.63, 3.8) is 0 Å². The number of fused-ring (bicyclic) bond motifs is 1. The zero-order chi connectivity index (χ0) is 23.2. The first-order valence-corrected chi connectivity index (χ1v) is 10.7. The molecule has 0 atom stereocenters. The van der Waals surface area contributed by atoms with Crippen LogP contribution < -0.4 is 21.9 Å². The SMILES string of the molecule is Cc1ccc(Cl)cc1N1CCN(Cc2nc3c(c(=O)n(C)c(=O)n3C)n2CC(N)=O)CC1. The lowest BCUT2D eigenvalue weighted by atomic mass is 10.1. The summed E-state index contributed by atoms with van der Waals surface area (Å²) in [4.78, 5) is 45.9. The van der Waals surface area contributed by atoms with Gasteiger partial charge in [-0.1, -0.05) is 17.7 Å². The highest BCUT2D eigenvalue weighted by molar-refractivity contribution is 6.30. The minimum Gasteiger partial charge on any atom is -0.369 e. The van der Waals surface area contributed by atoms with Gasteiger partial charge in [0.25, 0.3) is 5.56 Å². The van der Waals surface area contributed by atoms with Crippen LogP contribution in [0.15, 0.2) is 27.8 Å². The number of imidazole rings is 1. The summed E-state index contributed by atoms with van der Waals surface area (Å²) in [6, 6.07) is 5.88. The van der Waals surface area contributed by atoms with Gasteiger partial charge in [0, 0.05) is 51.0 Å². The van der Waals surface area contributed by atoms with E-state index >= 15 is 0 Å². The summed E-state index contributed by atoms with van der Waals surface area (Å²) in [5.74, 6) is -0.0489. The van der Waals surface area contributed by atoms with Crippen molar-refractivity contribution in [1.29, 1.82) is 0 Å². The maximum Gasteiger partial charge on any atom is 0.332 e. The smallest absolute Gasteiger partial charge is 0.332 e. The van der Waals surface area contributed by atoms with Crippen LogP contribution in [0.5, 0.6) is 0 Å². The number of aromatic nitrogens is 4. The molecule has 1 amide bonds. The Morgan fingerprint density at radius 3 is 2.47 bits per heavy atom. The molecular formula is C21H26ClN7O3. The van der Waals surface area contributed by atoms with Crippen LogP contribution in [-0.4, -0.2) is 55.7 Å². The number of carbonyl (C=O) groups is 1. The number of hydrogen-bond acceptors (Lipinski definition) is 6. The number of halogens is 1. The van der Waals surface area contributed by atoms with Crippen LogP contribution >= 0.6 is 11.6 Å². The number of benzene rings is 1. The first kappa shape index (κ1) is 22.1. The minimum absolute atomic E-state index is 0.180. The van der Waals surface area contributed by atoms with Crippen molar-refractivity contribution in [3.8, 4) is 0 Å². The van der Waals surface area contributed by atoms with E-state index < -0.39 is 17.2 Å². The number of rotatable bonds is 5. The van der Waals surface area contributed by atoms with Crippen molar-refractivity contribution < 1.29 is 4.79 Å². The fourth-order valence-electron chi connectivity index (χ4n) is 4.21. The Labute approximate surface area is 189 Å². The van der Waals surface area contributed by atoms with Crippen molar-refractivity contribution >= 4 is 34.4 Å². The molecule has 0 spiro atoms. The van der Waals surface area contributed by atoms with Gasteiger partial charge < -0.3 is 15.2 Å². The molecule has 1 aliphatic heterocycles. The Kier molecular flexibility index (Phi) is 5.83. The van der Waals surface area contributed by atoms with Gasteiger partial charge in [0.2, 0.25) is 5.91 Å². The van der Waals surface area contributed by atoms with E-state index in [2.05, 4.69) is 21.7 Å². The molecule has 1 saturated heterocycles. The molecule has 1 aromatic carbocycles. The average molecular weight is 460 g/mol. The largest absolute Gasteiger partial charge is 0.369 e. The average Bonchev–Trinajstić information content (AvgIpc) is 3.10. The van der Waals surface area contributed by atoms with Gasteiger partial charge in [0.05, 0.1) is 6.54 Å². The highest BCUT2D eigenvalue weighted by atomic mass is 35.5. The standard InChI is InChI=1S/C21H26ClN7O3/c1-13-4-5-14(22)10-15(13)28-8-6-27(7-9-28)12-17-24-19-18(29(17)11-16(23)30)20(31)26(3)21(32)25(19)2/h4-5,10H,6-9,11-12H2,1-3H3,(H2,23,30). The van der Waals surface area contributed by atoms with Crippen molar-refractivity contribution in [2.75, 3.05) is 31.1 Å². The van der Waals surface area contributed by atoms with Gasteiger partial charge in [-0.3, -0.25) is 23.6 Å². The third-order valence-electron chi connectivity index (χ3n) is 5.99. The van der Waals surface area contributed by atoms with Crippen molar-refractivity contribution in [2.45, 2.75) is 20.0 Å². The van der Waals surface area contributed by atoms with Gasteiger partial charge in [0.15, 0.2) is 11.2 Å². The van der Waals surface area contributed by atoms with Gasteiger partial charge in [-0.2, -0.15) is 0 Å². The Bertz CT molecular complexity index is 1320. The lowest BCUT2D eigenvalue weighted by Gasteiger charge is -2.36. The van der Waals surface area contributed by atoms with E-state index in [1.807, 2.05) is 18.2 Å². The number of amides is 1. The van der Waals surface area contributed by atoms with E-state index in [1.54, 1.807) is 7.05 Å². The molecule has 32 heavy (non-hydrogen) atoms. The predicted molar refractivity (Wildman–Crippen MR) is 123 cm³/mol. The topological polar surface area (TPSA) is 111 Å². The molecule has 0 radical (unpaired) electrons. The summed E-state index contributed by atoms with van der Waals surface area (Å²) in [7, 11) is 2.96. The second-order valence-corrected chi connectivity index (χ2v) is 8.59. The normalized spacial score (nSPS) is 14.9. The van der Waals surface area contributed by atoms with Crippen LogP contribution in [0.1, 0.15) is 11.4 Å². The number of piperazine rings is 1.